The number of thioether (sulfide) groups is 2. The van der Waals surface area contributed by atoms with Crippen molar-refractivity contribution < 1.29 is 21.1 Å². The van der Waals surface area contributed by atoms with Crippen molar-refractivity contribution in [2.75, 3.05) is 0 Å². The molecule has 0 aliphatic carbocycles. The van der Waals surface area contributed by atoms with Gasteiger partial charge in [-0.3, -0.25) is 0 Å². The SMILES string of the molecule is [Au][CH]1SC=CS1. The average molecular weight is 300 g/mol. The second-order valence-corrected chi connectivity index (χ2v) is 5.99. The van der Waals surface area contributed by atoms with Gasteiger partial charge in [-0.1, -0.05) is 0 Å². The molecule has 3 heteroatoms. The first-order valence-electron chi connectivity index (χ1n) is 1.45. The van der Waals surface area contributed by atoms with Gasteiger partial charge in [0.1, 0.15) is 0 Å². The van der Waals surface area contributed by atoms with Crippen molar-refractivity contribution in [1.82, 2.24) is 0 Å². The third-order valence-corrected chi connectivity index (χ3v) is 3.99. The number of hydrogen-bond donors (Lipinski definition) is 0. The summed E-state index contributed by atoms with van der Waals surface area (Å²) in [7, 11) is 0. The Bertz CT molecular complexity index is 63.2. The van der Waals surface area contributed by atoms with E-state index in [9.17, 15) is 0 Å². The van der Waals surface area contributed by atoms with Gasteiger partial charge in [-0.2, -0.15) is 0 Å². The molecule has 0 aromatic heterocycles. The third kappa shape index (κ3) is 1.35. The first-order valence-corrected chi connectivity index (χ1v) is 4.59. The van der Waals surface area contributed by atoms with E-state index >= 15 is 0 Å². The van der Waals surface area contributed by atoms with Crippen molar-refractivity contribution in [2.24, 2.45) is 0 Å². The Labute approximate surface area is 58.1 Å². The monoisotopic (exact) mass is 300 g/mol. The molecule has 0 atom stereocenters. The molecule has 0 spiro atoms. The molecule has 0 fully saturated rings. The van der Waals surface area contributed by atoms with Crippen LogP contribution in [0.25, 0.3) is 0 Å². The van der Waals surface area contributed by atoms with Gasteiger partial charge in [-0.05, 0) is 0 Å². The van der Waals surface area contributed by atoms with Crippen LogP contribution in [0.3, 0.4) is 0 Å². The minimum atomic E-state index is 0.713. The third-order valence-electron chi connectivity index (χ3n) is 0.406. The molecule has 0 unspecified atom stereocenters. The van der Waals surface area contributed by atoms with E-state index in [-0.39, 0.29) is 0 Å². The minimum absolute atomic E-state index is 0.713. The van der Waals surface area contributed by atoms with Crippen molar-refractivity contribution in [1.29, 1.82) is 0 Å². The zero-order valence-electron chi connectivity index (χ0n) is 2.85. The molecule has 0 nitrogen and oxygen atoms in total. The van der Waals surface area contributed by atoms with Gasteiger partial charge in [0.05, 0.1) is 0 Å². The molecule has 1 aliphatic rings. The van der Waals surface area contributed by atoms with Crippen LogP contribution in [0, 0.1) is 0 Å². The fraction of sp³-hybridized carbons (Fsp3) is 0.333. The first kappa shape index (κ1) is 5.32. The maximum atomic E-state index is 2.56. The summed E-state index contributed by atoms with van der Waals surface area (Å²) in [6, 6.07) is 0. The second-order valence-electron chi connectivity index (χ2n) is 0.783. The first-order chi connectivity index (χ1) is 2.89. The van der Waals surface area contributed by atoms with E-state index in [1.165, 1.54) is 0 Å². The molecule has 0 radical (unpaired) electrons. The Balaban J connectivity index is 2.32. The zero-order valence-corrected chi connectivity index (χ0v) is 6.65. The number of hydrogen-bond acceptors (Lipinski definition) is 2. The molecule has 6 heavy (non-hydrogen) atoms. The molecule has 0 N–H and O–H groups in total. The Morgan fingerprint density at radius 3 is 2.00 bits per heavy atom. The summed E-state index contributed by atoms with van der Waals surface area (Å²) in [4.78, 5) is 0. The molecule has 0 saturated heterocycles. The quantitative estimate of drug-likeness (QED) is 0.625. The predicted octanol–water partition coefficient (Wildman–Crippen LogP) is 1.77. The van der Waals surface area contributed by atoms with E-state index in [4.69, 9.17) is 0 Å². The van der Waals surface area contributed by atoms with Gasteiger partial charge in [0.25, 0.3) is 0 Å². The summed E-state index contributed by atoms with van der Waals surface area (Å²) in [5, 5.41) is 4.24. The van der Waals surface area contributed by atoms with Crippen molar-refractivity contribution >= 4 is 23.5 Å². The molecule has 0 amide bonds. The van der Waals surface area contributed by atoms with Crippen LogP contribution >= 0.6 is 23.5 Å². The molecule has 0 saturated carbocycles. The van der Waals surface area contributed by atoms with Crippen LogP contribution < -0.4 is 0 Å². The summed E-state index contributed by atoms with van der Waals surface area (Å²) < 4.78 is 0.713. The zero-order chi connectivity index (χ0) is 4.41. The molecule has 1 heterocycles. The van der Waals surface area contributed by atoms with Crippen LogP contribution in [0.2, 0.25) is 0 Å². The van der Waals surface area contributed by atoms with Gasteiger partial charge in [-0.15, -0.1) is 0 Å². The molecule has 0 bridgehead atoms. The predicted molar refractivity (Wildman–Crippen MR) is 28.1 cm³/mol. The van der Waals surface area contributed by atoms with Crippen molar-refractivity contribution in [3.8, 4) is 0 Å². The van der Waals surface area contributed by atoms with Crippen LogP contribution in [0.5, 0.6) is 0 Å². The average Bonchev–Trinajstić information content (AvgIpc) is 1.86. The Kier molecular flexibility index (Phi) is 2.20. The van der Waals surface area contributed by atoms with Gasteiger partial charge in [0, 0.05) is 0 Å². The van der Waals surface area contributed by atoms with Crippen LogP contribution in [0.4, 0.5) is 0 Å². The van der Waals surface area contributed by atoms with Gasteiger partial charge in [0.15, 0.2) is 0 Å². The van der Waals surface area contributed by atoms with E-state index in [0.29, 0.717) is 2.80 Å². The van der Waals surface area contributed by atoms with Crippen molar-refractivity contribution in [3.05, 3.63) is 10.8 Å². The van der Waals surface area contributed by atoms with Gasteiger partial charge < -0.3 is 0 Å². The second kappa shape index (κ2) is 2.48. The number of rotatable bonds is 0. The summed E-state index contributed by atoms with van der Waals surface area (Å²) in [5.74, 6) is 0. The van der Waals surface area contributed by atoms with Crippen molar-refractivity contribution in [3.63, 3.8) is 0 Å². The summed E-state index contributed by atoms with van der Waals surface area (Å²) in [6.45, 7) is 0. The normalized spacial score (nSPS) is 23.0. The topological polar surface area (TPSA) is 0 Å². The van der Waals surface area contributed by atoms with E-state index in [0.717, 1.165) is 0 Å². The Morgan fingerprint density at radius 2 is 1.83 bits per heavy atom. The fourth-order valence-corrected chi connectivity index (χ4v) is 2.61. The van der Waals surface area contributed by atoms with E-state index < -0.39 is 0 Å². The molecular weight excluding hydrogens is 297 g/mol. The van der Waals surface area contributed by atoms with Crippen LogP contribution in [-0.2, 0) is 21.1 Å². The summed E-state index contributed by atoms with van der Waals surface area (Å²) in [5.41, 5.74) is 0. The van der Waals surface area contributed by atoms with E-state index in [1.807, 2.05) is 23.5 Å². The molecule has 38 valence electrons. The van der Waals surface area contributed by atoms with Crippen LogP contribution in [0.1, 0.15) is 0 Å². The molecule has 0 aromatic rings. The summed E-state index contributed by atoms with van der Waals surface area (Å²) in [6.07, 6.45) is 0. The van der Waals surface area contributed by atoms with E-state index in [2.05, 4.69) is 31.9 Å². The Morgan fingerprint density at radius 1 is 1.33 bits per heavy atom. The van der Waals surface area contributed by atoms with Gasteiger partial charge in [0.2, 0.25) is 0 Å². The Hall–Kier alpha value is 1.18. The fourth-order valence-electron chi connectivity index (χ4n) is 0.208. The van der Waals surface area contributed by atoms with Crippen LogP contribution in [-0.4, -0.2) is 2.80 Å². The molecule has 1 rings (SSSR count). The van der Waals surface area contributed by atoms with Crippen LogP contribution in [0.15, 0.2) is 10.8 Å². The molecule has 1 aliphatic heterocycles. The molecule has 0 aromatic carbocycles. The maximum absolute atomic E-state index is 2.56. The standard InChI is InChI=1S/C3H3S2.Au/c1-2-5-3-4-1;/h1-3H;. The van der Waals surface area contributed by atoms with Crippen molar-refractivity contribution in [2.45, 2.75) is 2.80 Å². The van der Waals surface area contributed by atoms with Gasteiger partial charge >= 0.3 is 58.2 Å². The summed E-state index contributed by atoms with van der Waals surface area (Å²) >= 11 is 6.27. The van der Waals surface area contributed by atoms with E-state index in [1.54, 1.807) is 0 Å². The van der Waals surface area contributed by atoms with Gasteiger partial charge in [-0.25, -0.2) is 0 Å². The molecular formula is C3H3AuS2.